The molecule has 2 heterocycles. The molecule has 0 bridgehead atoms. The molecule has 4 atom stereocenters. The summed E-state index contributed by atoms with van der Waals surface area (Å²) in [5.74, 6) is 0.435. The Morgan fingerprint density at radius 2 is 1.80 bits per heavy atom. The minimum absolute atomic E-state index is 0.0557. The van der Waals surface area contributed by atoms with Crippen LogP contribution in [0, 0.1) is 11.8 Å². The first-order valence-electron chi connectivity index (χ1n) is 8.84. The van der Waals surface area contributed by atoms with Crippen LogP contribution in [-0.2, 0) is 0 Å². The van der Waals surface area contributed by atoms with E-state index >= 15 is 0 Å². The van der Waals surface area contributed by atoms with Crippen molar-refractivity contribution in [1.82, 2.24) is 10.2 Å². The van der Waals surface area contributed by atoms with E-state index in [2.05, 4.69) is 5.32 Å². The van der Waals surface area contributed by atoms with E-state index in [-0.39, 0.29) is 23.8 Å². The maximum atomic E-state index is 12.9. The Bertz CT molecular complexity index is 677. The molecule has 1 aromatic carbocycles. The predicted octanol–water partition coefficient (Wildman–Crippen LogP) is 0.420. The lowest BCUT2D eigenvalue weighted by molar-refractivity contribution is -0.0372. The van der Waals surface area contributed by atoms with Crippen molar-refractivity contribution in [2.24, 2.45) is 11.8 Å². The van der Waals surface area contributed by atoms with Crippen molar-refractivity contribution in [2.45, 2.75) is 25.0 Å². The first-order valence-corrected chi connectivity index (χ1v) is 8.84. The summed E-state index contributed by atoms with van der Waals surface area (Å²) in [5.41, 5.74) is 1.29. The zero-order valence-corrected chi connectivity index (χ0v) is 14.0. The fourth-order valence-corrected chi connectivity index (χ4v) is 4.28. The molecule has 0 spiro atoms. The predicted molar refractivity (Wildman–Crippen MR) is 91.3 cm³/mol. The molecule has 3 N–H and O–H groups in total. The maximum Gasteiger partial charge on any atom is 0.321 e. The number of hydrogen-bond donors (Lipinski definition) is 3. The van der Waals surface area contributed by atoms with Crippen LogP contribution in [-0.4, -0.2) is 65.4 Å². The van der Waals surface area contributed by atoms with Crippen molar-refractivity contribution in [3.8, 4) is 0 Å². The average Bonchev–Trinajstić information content (AvgIpc) is 3.21. The molecule has 4 unspecified atom stereocenters. The molecule has 1 saturated carbocycles. The summed E-state index contributed by atoms with van der Waals surface area (Å²) in [6.07, 6.45) is -0.283. The molecule has 2 aliphatic heterocycles. The Morgan fingerprint density at radius 1 is 1.12 bits per heavy atom. The monoisotopic (exact) mass is 345 g/mol. The number of carbonyl (C=O) groups excluding carboxylic acids is 2. The van der Waals surface area contributed by atoms with Crippen molar-refractivity contribution in [2.75, 3.05) is 31.1 Å². The fraction of sp³-hybridized carbons (Fsp3) is 0.556. The fourth-order valence-electron chi connectivity index (χ4n) is 4.28. The number of urea groups is 1. The van der Waals surface area contributed by atoms with Crippen LogP contribution in [0.1, 0.15) is 23.2 Å². The van der Waals surface area contributed by atoms with Crippen molar-refractivity contribution >= 4 is 17.6 Å². The Kier molecular flexibility index (Phi) is 4.13. The Morgan fingerprint density at radius 3 is 2.40 bits per heavy atom. The molecule has 4 rings (SSSR count). The third-order valence-corrected chi connectivity index (χ3v) is 5.66. The van der Waals surface area contributed by atoms with Crippen LogP contribution in [0.5, 0.6) is 0 Å². The van der Waals surface area contributed by atoms with Gasteiger partial charge in [-0.25, -0.2) is 4.79 Å². The number of benzene rings is 1. The van der Waals surface area contributed by atoms with Gasteiger partial charge in [0.25, 0.3) is 5.91 Å². The Balaban J connectivity index is 1.49. The van der Waals surface area contributed by atoms with Crippen LogP contribution < -0.4 is 10.2 Å². The highest BCUT2D eigenvalue weighted by molar-refractivity contribution is 5.98. The molecule has 2 saturated heterocycles. The summed E-state index contributed by atoms with van der Waals surface area (Å²) in [6.45, 7) is 2.43. The summed E-state index contributed by atoms with van der Waals surface area (Å²) in [7, 11) is 0. The van der Waals surface area contributed by atoms with E-state index in [1.165, 1.54) is 0 Å². The molecule has 3 aliphatic rings. The quantitative estimate of drug-likeness (QED) is 0.724. The van der Waals surface area contributed by atoms with Gasteiger partial charge in [-0.3, -0.25) is 9.69 Å². The summed E-state index contributed by atoms with van der Waals surface area (Å²) in [4.78, 5) is 28.1. The topological polar surface area (TPSA) is 93.1 Å². The van der Waals surface area contributed by atoms with Gasteiger partial charge in [0.15, 0.2) is 0 Å². The lowest BCUT2D eigenvalue weighted by Gasteiger charge is -2.31. The zero-order chi connectivity index (χ0) is 17.6. The van der Waals surface area contributed by atoms with Crippen LogP contribution in [0.25, 0.3) is 0 Å². The number of fused-ring (bicyclic) bond motifs is 1. The molecule has 0 radical (unpaired) electrons. The van der Waals surface area contributed by atoms with Crippen molar-refractivity contribution in [3.63, 3.8) is 0 Å². The molecule has 1 aromatic rings. The van der Waals surface area contributed by atoms with E-state index in [1.807, 2.05) is 11.0 Å². The molecule has 7 heteroatoms. The van der Waals surface area contributed by atoms with Crippen LogP contribution in [0.2, 0.25) is 0 Å². The SMILES string of the molecule is O=C(c1cccc(N2CCNC2=O)c1)N1CC2CC(O)C(O)CC2C1. The van der Waals surface area contributed by atoms with Gasteiger partial charge in [0.2, 0.25) is 0 Å². The van der Waals surface area contributed by atoms with Gasteiger partial charge in [0.1, 0.15) is 0 Å². The van der Waals surface area contributed by atoms with Crippen LogP contribution >= 0.6 is 0 Å². The van der Waals surface area contributed by atoms with E-state index in [0.29, 0.717) is 44.6 Å². The van der Waals surface area contributed by atoms with E-state index in [1.54, 1.807) is 23.1 Å². The minimum atomic E-state index is -0.687. The second kappa shape index (κ2) is 6.31. The second-order valence-electron chi connectivity index (χ2n) is 7.27. The number of anilines is 1. The lowest BCUT2D eigenvalue weighted by Crippen LogP contribution is -2.38. The molecule has 25 heavy (non-hydrogen) atoms. The van der Waals surface area contributed by atoms with Crippen LogP contribution in [0.3, 0.4) is 0 Å². The lowest BCUT2D eigenvalue weighted by atomic mass is 9.79. The smallest absolute Gasteiger partial charge is 0.321 e. The summed E-state index contributed by atoms with van der Waals surface area (Å²) in [6, 6.07) is 7.02. The van der Waals surface area contributed by atoms with Crippen LogP contribution in [0.15, 0.2) is 24.3 Å². The van der Waals surface area contributed by atoms with Crippen molar-refractivity contribution in [3.05, 3.63) is 29.8 Å². The van der Waals surface area contributed by atoms with Gasteiger partial charge in [-0.15, -0.1) is 0 Å². The molecule has 3 fully saturated rings. The minimum Gasteiger partial charge on any atom is -0.390 e. The van der Waals surface area contributed by atoms with Crippen molar-refractivity contribution in [1.29, 1.82) is 0 Å². The van der Waals surface area contributed by atoms with E-state index in [4.69, 9.17) is 0 Å². The normalized spacial score (nSPS) is 31.8. The van der Waals surface area contributed by atoms with Gasteiger partial charge >= 0.3 is 6.03 Å². The first kappa shape index (κ1) is 16.4. The van der Waals surface area contributed by atoms with E-state index in [9.17, 15) is 19.8 Å². The molecule has 3 amide bonds. The molecule has 0 aromatic heterocycles. The molecule has 7 nitrogen and oxygen atoms in total. The Labute approximate surface area is 146 Å². The molecular formula is C18H23N3O4. The number of amides is 3. The van der Waals surface area contributed by atoms with Gasteiger partial charge in [0.05, 0.1) is 12.2 Å². The number of likely N-dealkylation sites (tertiary alicyclic amines) is 1. The summed E-state index contributed by atoms with van der Waals surface area (Å²) in [5, 5.41) is 22.5. The van der Waals surface area contributed by atoms with Crippen LogP contribution in [0.4, 0.5) is 10.5 Å². The first-order chi connectivity index (χ1) is 12.0. The number of hydrogen-bond acceptors (Lipinski definition) is 4. The van der Waals surface area contributed by atoms with E-state index < -0.39 is 12.2 Å². The third-order valence-electron chi connectivity index (χ3n) is 5.66. The number of nitrogens with zero attached hydrogens (tertiary/aromatic N) is 2. The highest BCUT2D eigenvalue weighted by atomic mass is 16.3. The summed E-state index contributed by atoms with van der Waals surface area (Å²) < 4.78 is 0. The number of aliphatic hydroxyl groups excluding tert-OH is 2. The van der Waals surface area contributed by atoms with Gasteiger partial charge in [-0.05, 0) is 42.9 Å². The number of nitrogens with one attached hydrogen (secondary N) is 1. The van der Waals surface area contributed by atoms with Gasteiger partial charge < -0.3 is 20.4 Å². The zero-order valence-electron chi connectivity index (χ0n) is 14.0. The standard InChI is InChI=1S/C18H23N3O4/c22-15-7-12-9-20(10-13(12)8-16(15)23)17(24)11-2-1-3-14(6-11)21-5-4-19-18(21)25/h1-3,6,12-13,15-16,22-23H,4-5,7-10H2,(H,19,25). The van der Waals surface area contributed by atoms with Gasteiger partial charge in [-0.1, -0.05) is 6.07 Å². The number of carbonyl (C=O) groups is 2. The number of aliphatic hydroxyl groups is 2. The van der Waals surface area contributed by atoms with Gasteiger partial charge in [0, 0.05) is 37.4 Å². The Hall–Kier alpha value is -2.12. The summed E-state index contributed by atoms with van der Waals surface area (Å²) >= 11 is 0. The number of rotatable bonds is 2. The second-order valence-corrected chi connectivity index (χ2v) is 7.27. The van der Waals surface area contributed by atoms with E-state index in [0.717, 1.165) is 5.69 Å². The largest absolute Gasteiger partial charge is 0.390 e. The molecule has 134 valence electrons. The highest BCUT2D eigenvalue weighted by Gasteiger charge is 2.42. The molecule has 1 aliphatic carbocycles. The molecular weight excluding hydrogens is 322 g/mol. The third kappa shape index (κ3) is 2.98. The average molecular weight is 345 g/mol. The van der Waals surface area contributed by atoms with Gasteiger partial charge in [-0.2, -0.15) is 0 Å². The highest BCUT2D eigenvalue weighted by Crippen LogP contribution is 2.37. The van der Waals surface area contributed by atoms with Crippen molar-refractivity contribution < 1.29 is 19.8 Å². The maximum absolute atomic E-state index is 12.9.